The maximum absolute atomic E-state index is 14.9. The first kappa shape index (κ1) is 15.4. The molecule has 0 saturated carbocycles. The van der Waals surface area contributed by atoms with Crippen LogP contribution in [0.5, 0.6) is 0 Å². The van der Waals surface area contributed by atoms with Crippen molar-refractivity contribution in [1.82, 2.24) is 9.55 Å². The molecule has 2 heterocycles. The van der Waals surface area contributed by atoms with Crippen molar-refractivity contribution < 1.29 is 18.7 Å². The normalized spacial score (nSPS) is 28.5. The highest BCUT2D eigenvalue weighted by Gasteiger charge is 2.52. The highest BCUT2D eigenvalue weighted by atomic mass is 19.1. The standard InChI is InChI=1S/C13H17FN2O5/c1-3-4-10(18)21-8-7-20-11(13(8,2)14)16-6-5-9(17)15-12(16)19/h5-6,8,11H,3-4,7H2,1-2H3,(H,15,17,19). The fourth-order valence-corrected chi connectivity index (χ4v) is 2.20. The number of carbonyl (C=O) groups is 1. The molecule has 0 spiro atoms. The molecular formula is C13H17FN2O5. The maximum atomic E-state index is 14.9. The van der Waals surface area contributed by atoms with Crippen molar-refractivity contribution in [3.63, 3.8) is 0 Å². The van der Waals surface area contributed by atoms with E-state index in [2.05, 4.69) is 0 Å². The van der Waals surface area contributed by atoms with Crippen molar-refractivity contribution in [3.8, 4) is 0 Å². The first-order valence-corrected chi connectivity index (χ1v) is 6.67. The molecule has 1 aliphatic heterocycles. The molecule has 0 bridgehead atoms. The number of carbonyl (C=O) groups excluding carboxylic acids is 1. The number of halogens is 1. The summed E-state index contributed by atoms with van der Waals surface area (Å²) in [4.78, 5) is 36.2. The van der Waals surface area contributed by atoms with Gasteiger partial charge in [-0.25, -0.2) is 9.18 Å². The lowest BCUT2D eigenvalue weighted by Crippen LogP contribution is -2.44. The SMILES string of the molecule is CCCC(=O)OC1COC(n2ccc(=O)[nH]c2=O)C1(C)F. The van der Waals surface area contributed by atoms with Crippen LogP contribution in [0, 0.1) is 0 Å². The lowest BCUT2D eigenvalue weighted by Gasteiger charge is -2.26. The number of alkyl halides is 1. The summed E-state index contributed by atoms with van der Waals surface area (Å²) in [5.41, 5.74) is -3.44. The molecule has 1 aliphatic rings. The van der Waals surface area contributed by atoms with Gasteiger partial charge in [0.25, 0.3) is 5.56 Å². The van der Waals surface area contributed by atoms with Gasteiger partial charge in [-0.15, -0.1) is 0 Å². The molecule has 0 aromatic carbocycles. The van der Waals surface area contributed by atoms with Gasteiger partial charge in [-0.2, -0.15) is 0 Å². The van der Waals surface area contributed by atoms with Crippen molar-refractivity contribution in [1.29, 1.82) is 0 Å². The topological polar surface area (TPSA) is 90.4 Å². The average Bonchev–Trinajstić information content (AvgIpc) is 2.66. The molecule has 7 nitrogen and oxygen atoms in total. The first-order valence-electron chi connectivity index (χ1n) is 6.67. The van der Waals surface area contributed by atoms with Gasteiger partial charge in [0.05, 0.1) is 6.61 Å². The Morgan fingerprint density at radius 3 is 2.95 bits per heavy atom. The Balaban J connectivity index is 2.22. The molecule has 1 aromatic heterocycles. The first-order chi connectivity index (χ1) is 9.86. The molecule has 116 valence electrons. The van der Waals surface area contributed by atoms with Gasteiger partial charge in [0.15, 0.2) is 18.0 Å². The summed E-state index contributed by atoms with van der Waals surface area (Å²) in [6.45, 7) is 2.86. The Labute approximate surface area is 119 Å². The number of hydrogen-bond donors (Lipinski definition) is 1. The largest absolute Gasteiger partial charge is 0.456 e. The Morgan fingerprint density at radius 2 is 2.33 bits per heavy atom. The fourth-order valence-electron chi connectivity index (χ4n) is 2.20. The van der Waals surface area contributed by atoms with Gasteiger partial charge in [-0.3, -0.25) is 19.1 Å². The van der Waals surface area contributed by atoms with Crippen LogP contribution in [0.1, 0.15) is 32.9 Å². The zero-order valence-corrected chi connectivity index (χ0v) is 11.8. The minimum atomic E-state index is -2.08. The van der Waals surface area contributed by atoms with Gasteiger partial charge in [-0.05, 0) is 13.3 Å². The fraction of sp³-hybridized carbons (Fsp3) is 0.615. The number of aromatic nitrogens is 2. The van der Waals surface area contributed by atoms with Crippen LogP contribution in [0.4, 0.5) is 4.39 Å². The Hall–Kier alpha value is -1.96. The lowest BCUT2D eigenvalue weighted by atomic mass is 10.0. The quantitative estimate of drug-likeness (QED) is 0.818. The zero-order chi connectivity index (χ0) is 15.6. The number of esters is 1. The third kappa shape index (κ3) is 3.05. The molecule has 0 radical (unpaired) electrons. The minimum Gasteiger partial charge on any atom is -0.456 e. The van der Waals surface area contributed by atoms with E-state index >= 15 is 0 Å². The van der Waals surface area contributed by atoms with Crippen molar-refractivity contribution in [2.24, 2.45) is 0 Å². The molecule has 1 aromatic rings. The summed E-state index contributed by atoms with van der Waals surface area (Å²) in [5, 5.41) is 0. The third-order valence-electron chi connectivity index (χ3n) is 3.35. The van der Waals surface area contributed by atoms with E-state index in [1.54, 1.807) is 0 Å². The molecule has 3 atom stereocenters. The number of nitrogens with one attached hydrogen (secondary N) is 1. The summed E-state index contributed by atoms with van der Waals surface area (Å²) in [6, 6.07) is 1.09. The van der Waals surface area contributed by atoms with Crippen LogP contribution in [0.2, 0.25) is 0 Å². The minimum absolute atomic E-state index is 0.154. The molecule has 1 saturated heterocycles. The van der Waals surface area contributed by atoms with E-state index in [-0.39, 0.29) is 13.0 Å². The zero-order valence-electron chi connectivity index (χ0n) is 11.8. The number of H-pyrrole nitrogens is 1. The van der Waals surface area contributed by atoms with E-state index in [0.29, 0.717) is 6.42 Å². The number of ether oxygens (including phenoxy) is 2. The van der Waals surface area contributed by atoms with Gasteiger partial charge in [0.2, 0.25) is 0 Å². The maximum Gasteiger partial charge on any atom is 0.330 e. The van der Waals surface area contributed by atoms with Crippen molar-refractivity contribution in [3.05, 3.63) is 33.1 Å². The second kappa shape index (κ2) is 5.80. The smallest absolute Gasteiger partial charge is 0.330 e. The van der Waals surface area contributed by atoms with Gasteiger partial charge in [0.1, 0.15) is 0 Å². The third-order valence-corrected chi connectivity index (χ3v) is 3.35. The average molecular weight is 300 g/mol. The summed E-state index contributed by atoms with van der Waals surface area (Å²) in [6.07, 6.45) is -0.421. The van der Waals surface area contributed by atoms with Crippen molar-refractivity contribution >= 4 is 5.97 Å². The second-order valence-corrected chi connectivity index (χ2v) is 5.08. The van der Waals surface area contributed by atoms with Gasteiger partial charge < -0.3 is 9.47 Å². The molecule has 0 aliphatic carbocycles. The second-order valence-electron chi connectivity index (χ2n) is 5.08. The number of aromatic amines is 1. The van der Waals surface area contributed by atoms with E-state index < -0.39 is 35.2 Å². The molecule has 8 heteroatoms. The van der Waals surface area contributed by atoms with Gasteiger partial charge in [-0.1, -0.05) is 6.92 Å². The van der Waals surface area contributed by atoms with Gasteiger partial charge >= 0.3 is 11.7 Å². The van der Waals surface area contributed by atoms with Crippen LogP contribution in [-0.2, 0) is 14.3 Å². The monoisotopic (exact) mass is 300 g/mol. The van der Waals surface area contributed by atoms with Crippen LogP contribution in [0.15, 0.2) is 21.9 Å². The molecule has 21 heavy (non-hydrogen) atoms. The van der Waals surface area contributed by atoms with Crippen LogP contribution in [0.25, 0.3) is 0 Å². The van der Waals surface area contributed by atoms with E-state index in [1.807, 2.05) is 11.9 Å². The van der Waals surface area contributed by atoms with Crippen molar-refractivity contribution in [2.75, 3.05) is 6.61 Å². The van der Waals surface area contributed by atoms with Crippen LogP contribution < -0.4 is 11.2 Å². The van der Waals surface area contributed by atoms with Crippen LogP contribution >= 0.6 is 0 Å². The summed E-state index contributed by atoms with van der Waals surface area (Å²) in [5.74, 6) is -0.510. The molecule has 0 amide bonds. The van der Waals surface area contributed by atoms with Crippen LogP contribution in [0.3, 0.4) is 0 Å². The highest BCUT2D eigenvalue weighted by Crippen LogP contribution is 2.38. The predicted molar refractivity (Wildman–Crippen MR) is 70.6 cm³/mol. The van der Waals surface area contributed by atoms with E-state index in [4.69, 9.17) is 9.47 Å². The van der Waals surface area contributed by atoms with E-state index in [9.17, 15) is 18.8 Å². The predicted octanol–water partition coefficient (Wildman–Crippen LogP) is 0.506. The van der Waals surface area contributed by atoms with Gasteiger partial charge in [0, 0.05) is 18.7 Å². The van der Waals surface area contributed by atoms with Crippen LogP contribution in [-0.4, -0.2) is 33.9 Å². The number of hydrogen-bond acceptors (Lipinski definition) is 5. The summed E-state index contributed by atoms with van der Waals surface area (Å²) < 4.78 is 26.1. The van der Waals surface area contributed by atoms with E-state index in [1.165, 1.54) is 6.92 Å². The summed E-state index contributed by atoms with van der Waals surface area (Å²) >= 11 is 0. The Kier molecular flexibility index (Phi) is 4.26. The Morgan fingerprint density at radius 1 is 1.62 bits per heavy atom. The van der Waals surface area contributed by atoms with Crippen molar-refractivity contribution in [2.45, 2.75) is 44.7 Å². The molecule has 1 fully saturated rings. The lowest BCUT2D eigenvalue weighted by molar-refractivity contribution is -0.155. The highest BCUT2D eigenvalue weighted by molar-refractivity contribution is 5.69. The number of rotatable bonds is 4. The molecule has 3 unspecified atom stereocenters. The molecule has 1 N–H and O–H groups in total. The Bertz CT molecular complexity index is 636. The summed E-state index contributed by atoms with van der Waals surface area (Å²) in [7, 11) is 0. The molecular weight excluding hydrogens is 283 g/mol. The van der Waals surface area contributed by atoms with E-state index in [0.717, 1.165) is 16.8 Å². The molecule has 2 rings (SSSR count). The number of nitrogens with zero attached hydrogens (tertiary/aromatic N) is 1.